The summed E-state index contributed by atoms with van der Waals surface area (Å²) in [4.78, 5) is 24.7. The summed E-state index contributed by atoms with van der Waals surface area (Å²) in [5, 5.41) is 7.58. The lowest BCUT2D eigenvalue weighted by atomic mass is 10.0. The summed E-state index contributed by atoms with van der Waals surface area (Å²) in [6.07, 6.45) is 3.20. The Hall–Kier alpha value is -3.74. The molecule has 7 heteroatoms. The van der Waals surface area contributed by atoms with Crippen LogP contribution in [0.15, 0.2) is 64.2 Å². The van der Waals surface area contributed by atoms with Crippen molar-refractivity contribution in [2.75, 3.05) is 7.05 Å². The molecule has 0 unspecified atom stereocenters. The number of carbonyl (C=O) groups excluding carboxylic acids is 1. The van der Waals surface area contributed by atoms with E-state index in [0.717, 1.165) is 22.2 Å². The maximum absolute atomic E-state index is 14.7. The number of nitrogens with one attached hydrogen (secondary N) is 1. The Bertz CT molecular complexity index is 1290. The summed E-state index contributed by atoms with van der Waals surface area (Å²) in [5.74, 6) is -1.14. The normalized spacial score (nSPS) is 11.0. The molecule has 0 fully saturated rings. The van der Waals surface area contributed by atoms with Gasteiger partial charge in [-0.25, -0.2) is 4.39 Å². The van der Waals surface area contributed by atoms with Gasteiger partial charge in [0.1, 0.15) is 12.1 Å². The molecule has 6 nitrogen and oxygen atoms in total. The zero-order valence-electron chi connectivity index (χ0n) is 15.9. The summed E-state index contributed by atoms with van der Waals surface area (Å²) in [5.41, 5.74) is 2.52. The smallest absolute Gasteiger partial charge is 0.258 e. The average Bonchev–Trinajstić information content (AvgIpc) is 3.16. The number of halogens is 1. The van der Waals surface area contributed by atoms with Crippen molar-refractivity contribution in [3.63, 3.8) is 0 Å². The predicted molar refractivity (Wildman–Crippen MR) is 107 cm³/mol. The average molecular weight is 391 g/mol. The highest BCUT2D eigenvalue weighted by Crippen LogP contribution is 2.25. The number of rotatable bonds is 4. The highest BCUT2D eigenvalue weighted by Gasteiger charge is 2.15. The molecule has 0 saturated heterocycles. The summed E-state index contributed by atoms with van der Waals surface area (Å²) in [6.45, 7) is 1.88. The SMILES string of the molecule is CNC(=O)c1cccc(Cn2ccc3cc(-c4conc4C)ccc3c2=O)c1F. The second-order valence-electron chi connectivity index (χ2n) is 6.72. The third-order valence-electron chi connectivity index (χ3n) is 4.93. The highest BCUT2D eigenvalue weighted by molar-refractivity contribution is 5.94. The van der Waals surface area contributed by atoms with Gasteiger partial charge in [0.25, 0.3) is 11.5 Å². The van der Waals surface area contributed by atoms with E-state index >= 15 is 0 Å². The number of benzene rings is 2. The lowest BCUT2D eigenvalue weighted by Crippen LogP contribution is -2.23. The third-order valence-corrected chi connectivity index (χ3v) is 4.93. The lowest BCUT2D eigenvalue weighted by molar-refractivity contribution is 0.0959. The van der Waals surface area contributed by atoms with Crippen LogP contribution in [0.4, 0.5) is 4.39 Å². The Morgan fingerprint density at radius 3 is 2.79 bits per heavy atom. The fraction of sp³-hybridized carbons (Fsp3) is 0.136. The van der Waals surface area contributed by atoms with E-state index in [1.165, 1.54) is 17.7 Å². The Morgan fingerprint density at radius 2 is 2.07 bits per heavy atom. The van der Waals surface area contributed by atoms with Crippen molar-refractivity contribution in [3.8, 4) is 11.1 Å². The van der Waals surface area contributed by atoms with Crippen LogP contribution in [0.2, 0.25) is 0 Å². The van der Waals surface area contributed by atoms with Gasteiger partial charge in [0.05, 0.1) is 17.8 Å². The van der Waals surface area contributed by atoms with Gasteiger partial charge in [-0.1, -0.05) is 23.4 Å². The Labute approximate surface area is 165 Å². The number of hydrogen-bond donors (Lipinski definition) is 1. The summed E-state index contributed by atoms with van der Waals surface area (Å²) >= 11 is 0. The van der Waals surface area contributed by atoms with Gasteiger partial charge in [-0.3, -0.25) is 9.59 Å². The summed E-state index contributed by atoms with van der Waals surface area (Å²) < 4.78 is 21.1. The van der Waals surface area contributed by atoms with Crippen LogP contribution >= 0.6 is 0 Å². The maximum atomic E-state index is 14.7. The second-order valence-corrected chi connectivity index (χ2v) is 6.72. The van der Waals surface area contributed by atoms with Crippen LogP contribution in [-0.2, 0) is 6.54 Å². The van der Waals surface area contributed by atoms with Crippen LogP contribution in [0.25, 0.3) is 21.9 Å². The number of aryl methyl sites for hydroxylation is 1. The first-order valence-corrected chi connectivity index (χ1v) is 9.03. The molecule has 1 amide bonds. The number of aromatic nitrogens is 2. The lowest BCUT2D eigenvalue weighted by Gasteiger charge is -2.11. The van der Waals surface area contributed by atoms with E-state index in [1.54, 1.807) is 30.7 Å². The minimum atomic E-state index is -0.628. The fourth-order valence-corrected chi connectivity index (χ4v) is 3.35. The van der Waals surface area contributed by atoms with Crippen molar-refractivity contribution >= 4 is 16.7 Å². The molecule has 0 saturated carbocycles. The first kappa shape index (κ1) is 18.6. The third kappa shape index (κ3) is 3.31. The summed E-state index contributed by atoms with van der Waals surface area (Å²) in [7, 11) is 1.44. The molecule has 0 spiro atoms. The van der Waals surface area contributed by atoms with E-state index in [1.807, 2.05) is 25.1 Å². The number of carbonyl (C=O) groups is 1. The van der Waals surface area contributed by atoms with Crippen LogP contribution in [-0.4, -0.2) is 22.7 Å². The minimum Gasteiger partial charge on any atom is -0.364 e. The predicted octanol–water partition coefficient (Wildman–Crippen LogP) is 3.51. The van der Waals surface area contributed by atoms with Gasteiger partial charge in [-0.15, -0.1) is 0 Å². The van der Waals surface area contributed by atoms with Crippen LogP contribution in [0.1, 0.15) is 21.6 Å². The zero-order valence-corrected chi connectivity index (χ0v) is 15.9. The molecule has 4 aromatic rings. The molecule has 0 atom stereocenters. The van der Waals surface area contributed by atoms with Gasteiger partial charge >= 0.3 is 0 Å². The van der Waals surface area contributed by atoms with Crippen molar-refractivity contribution in [3.05, 3.63) is 87.9 Å². The second kappa shape index (κ2) is 7.35. The topological polar surface area (TPSA) is 77.1 Å². The molecule has 0 bridgehead atoms. The first-order chi connectivity index (χ1) is 14.0. The van der Waals surface area contributed by atoms with Crippen LogP contribution in [0, 0.1) is 12.7 Å². The number of pyridine rings is 1. The molecule has 2 aromatic heterocycles. The zero-order chi connectivity index (χ0) is 20.5. The Kier molecular flexibility index (Phi) is 4.72. The van der Waals surface area contributed by atoms with Crippen molar-refractivity contribution < 1.29 is 13.7 Å². The quantitative estimate of drug-likeness (QED) is 0.578. The van der Waals surface area contributed by atoms with E-state index < -0.39 is 11.7 Å². The molecular formula is C22H18FN3O3. The Balaban J connectivity index is 1.73. The number of amides is 1. The van der Waals surface area contributed by atoms with Gasteiger partial charge in [0.15, 0.2) is 0 Å². The number of fused-ring (bicyclic) bond motifs is 1. The van der Waals surface area contributed by atoms with E-state index in [2.05, 4.69) is 10.5 Å². The van der Waals surface area contributed by atoms with Gasteiger partial charge in [0, 0.05) is 29.8 Å². The van der Waals surface area contributed by atoms with E-state index in [9.17, 15) is 14.0 Å². The first-order valence-electron chi connectivity index (χ1n) is 9.03. The highest BCUT2D eigenvalue weighted by atomic mass is 19.1. The molecule has 29 heavy (non-hydrogen) atoms. The fourth-order valence-electron chi connectivity index (χ4n) is 3.35. The summed E-state index contributed by atoms with van der Waals surface area (Å²) in [6, 6.07) is 11.9. The molecule has 4 rings (SSSR count). The van der Waals surface area contributed by atoms with Crippen molar-refractivity contribution in [2.24, 2.45) is 0 Å². The van der Waals surface area contributed by atoms with Crippen LogP contribution in [0.5, 0.6) is 0 Å². The molecule has 0 aliphatic rings. The van der Waals surface area contributed by atoms with Crippen molar-refractivity contribution in [2.45, 2.75) is 13.5 Å². The largest absolute Gasteiger partial charge is 0.364 e. The number of hydrogen-bond acceptors (Lipinski definition) is 4. The molecule has 0 radical (unpaired) electrons. The minimum absolute atomic E-state index is 0.0257. The monoisotopic (exact) mass is 391 g/mol. The molecule has 146 valence electrons. The van der Waals surface area contributed by atoms with E-state index in [4.69, 9.17) is 4.52 Å². The molecular weight excluding hydrogens is 373 g/mol. The number of nitrogens with zero attached hydrogens (tertiary/aromatic N) is 2. The van der Waals surface area contributed by atoms with Gasteiger partial charge < -0.3 is 14.4 Å². The van der Waals surface area contributed by atoms with Crippen LogP contribution in [0.3, 0.4) is 0 Å². The van der Waals surface area contributed by atoms with E-state index in [-0.39, 0.29) is 23.2 Å². The van der Waals surface area contributed by atoms with Crippen molar-refractivity contribution in [1.82, 2.24) is 15.0 Å². The van der Waals surface area contributed by atoms with Gasteiger partial charge in [-0.05, 0) is 42.1 Å². The molecule has 1 N–H and O–H groups in total. The van der Waals surface area contributed by atoms with Crippen LogP contribution < -0.4 is 10.9 Å². The standard InChI is InChI=1S/C22H18FN3O3/c1-13-19(12-29-25-13)14-6-7-17-15(10-14)8-9-26(22(17)28)11-16-4-3-5-18(20(16)23)21(27)24-2/h3-10,12H,11H2,1-2H3,(H,24,27). The van der Waals surface area contributed by atoms with Gasteiger partial charge in [-0.2, -0.15) is 0 Å². The molecule has 0 aliphatic carbocycles. The van der Waals surface area contributed by atoms with Crippen molar-refractivity contribution in [1.29, 1.82) is 0 Å². The van der Waals surface area contributed by atoms with E-state index in [0.29, 0.717) is 5.39 Å². The van der Waals surface area contributed by atoms with Gasteiger partial charge in [0.2, 0.25) is 0 Å². The molecule has 2 heterocycles. The molecule has 0 aliphatic heterocycles. The Morgan fingerprint density at radius 1 is 1.24 bits per heavy atom. The maximum Gasteiger partial charge on any atom is 0.258 e. The molecule has 2 aromatic carbocycles.